The standard InChI is InChI=1S/C16H26N2O3/c1-11(2)9-18-16(19)10-21-14-7-6-13(12(3)17-4)8-15(14)20-5/h6-8,11-12,17H,9-10H2,1-5H3,(H,18,19). The lowest BCUT2D eigenvalue weighted by atomic mass is 10.1. The van der Waals surface area contributed by atoms with E-state index in [0.717, 1.165) is 5.56 Å². The quantitative estimate of drug-likeness (QED) is 0.771. The average Bonchev–Trinajstić information content (AvgIpc) is 2.49. The molecule has 1 atom stereocenters. The summed E-state index contributed by atoms with van der Waals surface area (Å²) >= 11 is 0. The van der Waals surface area contributed by atoms with Crippen LogP contribution in [0.2, 0.25) is 0 Å². The van der Waals surface area contributed by atoms with Gasteiger partial charge in [-0.2, -0.15) is 0 Å². The van der Waals surface area contributed by atoms with Crippen LogP contribution in [0.25, 0.3) is 0 Å². The molecule has 1 unspecified atom stereocenters. The third-order valence-electron chi connectivity index (χ3n) is 3.19. The second-order valence-electron chi connectivity index (χ2n) is 5.41. The maximum absolute atomic E-state index is 11.7. The van der Waals surface area contributed by atoms with Crippen molar-refractivity contribution >= 4 is 5.91 Å². The van der Waals surface area contributed by atoms with Gasteiger partial charge in [0.1, 0.15) is 0 Å². The van der Waals surface area contributed by atoms with E-state index in [4.69, 9.17) is 9.47 Å². The van der Waals surface area contributed by atoms with Gasteiger partial charge in [0.25, 0.3) is 5.91 Å². The van der Waals surface area contributed by atoms with Crippen molar-refractivity contribution < 1.29 is 14.3 Å². The van der Waals surface area contributed by atoms with Crippen molar-refractivity contribution in [2.24, 2.45) is 5.92 Å². The number of nitrogens with one attached hydrogen (secondary N) is 2. The van der Waals surface area contributed by atoms with Crippen LogP contribution in [-0.4, -0.2) is 33.2 Å². The van der Waals surface area contributed by atoms with Crippen LogP contribution in [0.1, 0.15) is 32.4 Å². The lowest BCUT2D eigenvalue weighted by Crippen LogP contribution is -2.31. The van der Waals surface area contributed by atoms with Gasteiger partial charge >= 0.3 is 0 Å². The van der Waals surface area contributed by atoms with Gasteiger partial charge in [-0.1, -0.05) is 19.9 Å². The first-order valence-electron chi connectivity index (χ1n) is 7.22. The molecule has 5 heteroatoms. The monoisotopic (exact) mass is 294 g/mol. The Bertz CT molecular complexity index is 461. The zero-order valence-electron chi connectivity index (χ0n) is 13.5. The van der Waals surface area contributed by atoms with Gasteiger partial charge < -0.3 is 20.1 Å². The van der Waals surface area contributed by atoms with Gasteiger partial charge in [0.05, 0.1) is 7.11 Å². The number of hydrogen-bond acceptors (Lipinski definition) is 4. The molecule has 0 radical (unpaired) electrons. The van der Waals surface area contributed by atoms with Crippen LogP contribution >= 0.6 is 0 Å². The topological polar surface area (TPSA) is 59.6 Å². The predicted molar refractivity (Wildman–Crippen MR) is 83.8 cm³/mol. The fourth-order valence-corrected chi connectivity index (χ4v) is 1.75. The number of rotatable bonds is 8. The maximum atomic E-state index is 11.7. The van der Waals surface area contributed by atoms with Gasteiger partial charge in [-0.05, 0) is 37.6 Å². The summed E-state index contributed by atoms with van der Waals surface area (Å²) in [6.07, 6.45) is 0. The molecule has 0 aliphatic heterocycles. The minimum atomic E-state index is -0.126. The Morgan fingerprint density at radius 1 is 1.24 bits per heavy atom. The van der Waals surface area contributed by atoms with Gasteiger partial charge in [-0.25, -0.2) is 0 Å². The van der Waals surface area contributed by atoms with E-state index in [1.165, 1.54) is 0 Å². The summed E-state index contributed by atoms with van der Waals surface area (Å²) in [5.41, 5.74) is 1.10. The fraction of sp³-hybridized carbons (Fsp3) is 0.562. The van der Waals surface area contributed by atoms with Crippen molar-refractivity contribution in [1.29, 1.82) is 0 Å². The summed E-state index contributed by atoms with van der Waals surface area (Å²) in [6.45, 7) is 6.80. The molecule has 0 aliphatic carbocycles. The number of hydrogen-bond donors (Lipinski definition) is 2. The number of methoxy groups -OCH3 is 1. The third-order valence-corrected chi connectivity index (χ3v) is 3.19. The normalized spacial score (nSPS) is 12.1. The molecule has 5 nitrogen and oxygen atoms in total. The SMILES string of the molecule is CNC(C)c1ccc(OCC(=O)NCC(C)C)c(OC)c1. The molecule has 0 fully saturated rings. The largest absolute Gasteiger partial charge is 0.493 e. The first-order valence-corrected chi connectivity index (χ1v) is 7.22. The molecule has 0 saturated carbocycles. The number of carbonyl (C=O) groups is 1. The zero-order chi connectivity index (χ0) is 15.8. The van der Waals surface area contributed by atoms with Gasteiger partial charge in [0, 0.05) is 12.6 Å². The van der Waals surface area contributed by atoms with E-state index in [1.807, 2.05) is 39.1 Å². The molecule has 2 N–H and O–H groups in total. The second-order valence-corrected chi connectivity index (χ2v) is 5.41. The minimum absolute atomic E-state index is 0.00991. The highest BCUT2D eigenvalue weighted by Crippen LogP contribution is 2.30. The van der Waals surface area contributed by atoms with E-state index in [9.17, 15) is 4.79 Å². The van der Waals surface area contributed by atoms with Crippen LogP contribution in [0.5, 0.6) is 11.5 Å². The van der Waals surface area contributed by atoms with E-state index in [1.54, 1.807) is 7.11 Å². The fourth-order valence-electron chi connectivity index (χ4n) is 1.75. The van der Waals surface area contributed by atoms with Crippen LogP contribution in [0.3, 0.4) is 0 Å². The summed E-state index contributed by atoms with van der Waals surface area (Å²) < 4.78 is 10.9. The van der Waals surface area contributed by atoms with E-state index < -0.39 is 0 Å². The van der Waals surface area contributed by atoms with Crippen LogP contribution in [0, 0.1) is 5.92 Å². The molecule has 0 saturated heterocycles. The lowest BCUT2D eigenvalue weighted by molar-refractivity contribution is -0.123. The highest BCUT2D eigenvalue weighted by Gasteiger charge is 2.11. The second kappa shape index (κ2) is 8.52. The zero-order valence-corrected chi connectivity index (χ0v) is 13.5. The van der Waals surface area contributed by atoms with Crippen molar-refractivity contribution in [3.63, 3.8) is 0 Å². The Labute approximate surface area is 127 Å². The van der Waals surface area contributed by atoms with Gasteiger partial charge in [-0.3, -0.25) is 4.79 Å². The molecular formula is C16H26N2O3. The Kier molecular flexibility index (Phi) is 7.02. The Morgan fingerprint density at radius 3 is 2.52 bits per heavy atom. The summed E-state index contributed by atoms with van der Waals surface area (Å²) in [5, 5.41) is 5.98. The van der Waals surface area contributed by atoms with E-state index in [2.05, 4.69) is 17.6 Å². The summed E-state index contributed by atoms with van der Waals surface area (Å²) in [5.74, 6) is 1.50. The number of amides is 1. The van der Waals surface area contributed by atoms with Crippen molar-refractivity contribution in [2.45, 2.75) is 26.8 Å². The molecule has 0 spiro atoms. The lowest BCUT2D eigenvalue weighted by Gasteiger charge is -2.15. The first kappa shape index (κ1) is 17.3. The van der Waals surface area contributed by atoms with Gasteiger partial charge in [-0.15, -0.1) is 0 Å². The van der Waals surface area contributed by atoms with Crippen molar-refractivity contribution in [3.05, 3.63) is 23.8 Å². The Balaban J connectivity index is 2.64. The summed E-state index contributed by atoms with van der Waals surface area (Å²) in [4.78, 5) is 11.7. The third kappa shape index (κ3) is 5.63. The number of ether oxygens (including phenoxy) is 2. The van der Waals surface area contributed by atoms with Crippen molar-refractivity contribution in [1.82, 2.24) is 10.6 Å². The number of carbonyl (C=O) groups excluding carboxylic acids is 1. The Hall–Kier alpha value is -1.75. The summed E-state index contributed by atoms with van der Waals surface area (Å²) in [6, 6.07) is 5.94. The molecule has 1 amide bonds. The highest BCUT2D eigenvalue weighted by atomic mass is 16.5. The molecule has 0 bridgehead atoms. The van der Waals surface area contributed by atoms with Crippen molar-refractivity contribution in [3.8, 4) is 11.5 Å². The van der Waals surface area contributed by atoms with Crippen LogP contribution in [0.15, 0.2) is 18.2 Å². The van der Waals surface area contributed by atoms with E-state index >= 15 is 0 Å². The predicted octanol–water partition coefficient (Wildman–Crippen LogP) is 2.13. The molecule has 1 aromatic carbocycles. The van der Waals surface area contributed by atoms with Crippen LogP contribution in [0.4, 0.5) is 0 Å². The summed E-state index contributed by atoms with van der Waals surface area (Å²) in [7, 11) is 3.50. The molecule has 118 valence electrons. The van der Waals surface area contributed by atoms with E-state index in [-0.39, 0.29) is 18.6 Å². The molecular weight excluding hydrogens is 268 g/mol. The average molecular weight is 294 g/mol. The van der Waals surface area contributed by atoms with E-state index in [0.29, 0.717) is 24.0 Å². The molecule has 0 heterocycles. The highest BCUT2D eigenvalue weighted by molar-refractivity contribution is 5.77. The van der Waals surface area contributed by atoms with Crippen LogP contribution in [-0.2, 0) is 4.79 Å². The molecule has 0 aromatic heterocycles. The molecule has 1 rings (SSSR count). The molecule has 0 aliphatic rings. The Morgan fingerprint density at radius 2 is 1.95 bits per heavy atom. The van der Waals surface area contributed by atoms with Crippen molar-refractivity contribution in [2.75, 3.05) is 27.3 Å². The molecule has 21 heavy (non-hydrogen) atoms. The van der Waals surface area contributed by atoms with Crippen LogP contribution < -0.4 is 20.1 Å². The molecule has 1 aromatic rings. The smallest absolute Gasteiger partial charge is 0.257 e. The maximum Gasteiger partial charge on any atom is 0.257 e. The minimum Gasteiger partial charge on any atom is -0.493 e. The van der Waals surface area contributed by atoms with Gasteiger partial charge in [0.15, 0.2) is 18.1 Å². The first-order chi connectivity index (χ1) is 9.97. The number of benzene rings is 1. The van der Waals surface area contributed by atoms with Gasteiger partial charge in [0.2, 0.25) is 0 Å².